The fourth-order valence-electron chi connectivity index (χ4n) is 1.66. The van der Waals surface area contributed by atoms with Crippen LogP contribution >= 0.6 is 0 Å². The maximum absolute atomic E-state index is 11.7. The fourth-order valence-corrected chi connectivity index (χ4v) is 1.66. The summed E-state index contributed by atoms with van der Waals surface area (Å²) in [7, 11) is 0. The second kappa shape index (κ2) is 4.88. The Balaban J connectivity index is 2.99. The molecule has 0 bridgehead atoms. The summed E-state index contributed by atoms with van der Waals surface area (Å²) in [5.41, 5.74) is 2.57. The largest absolute Gasteiger partial charge is 0.508 e. The molecule has 0 radical (unpaired) electrons. The highest BCUT2D eigenvalue weighted by Gasteiger charge is 2.18. The van der Waals surface area contributed by atoms with Crippen LogP contribution in [0.15, 0.2) is 6.07 Å². The summed E-state index contributed by atoms with van der Waals surface area (Å²) >= 11 is 0. The van der Waals surface area contributed by atoms with Gasteiger partial charge < -0.3 is 9.84 Å². The normalized spacial score (nSPS) is 11.2. The van der Waals surface area contributed by atoms with Gasteiger partial charge in [0.15, 0.2) is 0 Å². The molecule has 1 amide bonds. The van der Waals surface area contributed by atoms with Crippen LogP contribution in [-0.2, 0) is 4.74 Å². The van der Waals surface area contributed by atoms with Gasteiger partial charge in [-0.25, -0.2) is 4.79 Å². The van der Waals surface area contributed by atoms with Crippen molar-refractivity contribution in [2.75, 3.05) is 5.32 Å². The van der Waals surface area contributed by atoms with Gasteiger partial charge in [-0.15, -0.1) is 0 Å². The van der Waals surface area contributed by atoms with Gasteiger partial charge in [-0.2, -0.15) is 0 Å². The number of amides is 1. The van der Waals surface area contributed by atoms with Crippen molar-refractivity contribution in [2.45, 2.75) is 47.1 Å². The van der Waals surface area contributed by atoms with Crippen LogP contribution in [0.1, 0.15) is 37.5 Å². The number of rotatable bonds is 1. The molecule has 1 aromatic carbocycles. The molecule has 4 nitrogen and oxygen atoms in total. The average Bonchev–Trinajstić information content (AvgIpc) is 2.19. The van der Waals surface area contributed by atoms with Gasteiger partial charge in [-0.3, -0.25) is 5.32 Å². The summed E-state index contributed by atoms with van der Waals surface area (Å²) in [6.07, 6.45) is -0.487. The van der Waals surface area contributed by atoms with Crippen molar-refractivity contribution in [3.05, 3.63) is 22.8 Å². The molecule has 18 heavy (non-hydrogen) atoms. The Labute approximate surface area is 108 Å². The minimum absolute atomic E-state index is 0.236. The number of nitrogens with one attached hydrogen (secondary N) is 1. The third kappa shape index (κ3) is 3.39. The lowest BCUT2D eigenvalue weighted by molar-refractivity contribution is 0.0635. The van der Waals surface area contributed by atoms with Crippen molar-refractivity contribution in [3.8, 4) is 5.75 Å². The quantitative estimate of drug-likeness (QED) is 0.749. The van der Waals surface area contributed by atoms with Gasteiger partial charge in [0.1, 0.15) is 11.4 Å². The molecule has 2 N–H and O–H groups in total. The van der Waals surface area contributed by atoms with E-state index < -0.39 is 11.7 Å². The van der Waals surface area contributed by atoms with Crippen molar-refractivity contribution < 1.29 is 14.6 Å². The zero-order valence-corrected chi connectivity index (χ0v) is 11.8. The Morgan fingerprint density at radius 2 is 1.78 bits per heavy atom. The molecule has 0 saturated carbocycles. The smallest absolute Gasteiger partial charge is 0.412 e. The van der Waals surface area contributed by atoms with Crippen LogP contribution in [-0.4, -0.2) is 16.8 Å². The summed E-state index contributed by atoms with van der Waals surface area (Å²) in [5.74, 6) is 0.236. The summed E-state index contributed by atoms with van der Waals surface area (Å²) in [6.45, 7) is 10.9. The molecule has 4 heteroatoms. The van der Waals surface area contributed by atoms with E-state index >= 15 is 0 Å². The van der Waals surface area contributed by atoms with E-state index in [-0.39, 0.29) is 5.75 Å². The molecule has 1 rings (SSSR count). The van der Waals surface area contributed by atoms with Crippen molar-refractivity contribution in [3.63, 3.8) is 0 Å². The number of hydrogen-bond donors (Lipinski definition) is 2. The van der Waals surface area contributed by atoms with E-state index in [1.54, 1.807) is 6.07 Å². The van der Waals surface area contributed by atoms with Gasteiger partial charge in [0.05, 0.1) is 5.69 Å². The van der Waals surface area contributed by atoms with E-state index in [0.717, 1.165) is 16.7 Å². The Bertz CT molecular complexity index is 473. The van der Waals surface area contributed by atoms with Crippen LogP contribution in [0.25, 0.3) is 0 Å². The predicted octanol–water partition coefficient (Wildman–Crippen LogP) is 3.66. The molecule has 0 aliphatic rings. The molecular weight excluding hydrogens is 230 g/mol. The van der Waals surface area contributed by atoms with Gasteiger partial charge >= 0.3 is 6.09 Å². The first kappa shape index (κ1) is 14.4. The highest BCUT2D eigenvalue weighted by molar-refractivity contribution is 5.87. The topological polar surface area (TPSA) is 58.6 Å². The number of carbonyl (C=O) groups is 1. The van der Waals surface area contributed by atoms with Gasteiger partial charge in [0.25, 0.3) is 0 Å². The second-order valence-electron chi connectivity index (χ2n) is 5.46. The summed E-state index contributed by atoms with van der Waals surface area (Å²) in [6, 6.07) is 1.63. The van der Waals surface area contributed by atoms with E-state index in [9.17, 15) is 9.90 Å². The maximum atomic E-state index is 11.7. The number of hydrogen-bond acceptors (Lipinski definition) is 3. The maximum Gasteiger partial charge on any atom is 0.412 e. The zero-order valence-electron chi connectivity index (χ0n) is 11.8. The number of benzene rings is 1. The summed E-state index contributed by atoms with van der Waals surface area (Å²) < 4.78 is 5.21. The lowest BCUT2D eigenvalue weighted by Crippen LogP contribution is -2.27. The number of aromatic hydroxyl groups is 1. The van der Waals surface area contributed by atoms with Crippen LogP contribution in [0.4, 0.5) is 10.5 Å². The first-order valence-corrected chi connectivity index (χ1v) is 5.91. The highest BCUT2D eigenvalue weighted by atomic mass is 16.6. The minimum Gasteiger partial charge on any atom is -0.508 e. The second-order valence-corrected chi connectivity index (χ2v) is 5.46. The lowest BCUT2D eigenvalue weighted by Gasteiger charge is -2.21. The van der Waals surface area contributed by atoms with Crippen LogP contribution < -0.4 is 5.32 Å². The number of anilines is 1. The Kier molecular flexibility index (Phi) is 3.89. The fraction of sp³-hybridized carbons (Fsp3) is 0.500. The summed E-state index contributed by atoms with van der Waals surface area (Å²) in [4.78, 5) is 11.7. The van der Waals surface area contributed by atoms with Crippen molar-refractivity contribution in [1.29, 1.82) is 0 Å². The molecule has 0 saturated heterocycles. The van der Waals surface area contributed by atoms with Gasteiger partial charge in [-0.1, -0.05) is 0 Å². The number of phenols is 1. The van der Waals surface area contributed by atoms with E-state index in [1.165, 1.54) is 0 Å². The SMILES string of the molecule is Cc1cc(O)c(C)c(C)c1NC(=O)OC(C)(C)C. The van der Waals surface area contributed by atoms with Gasteiger partial charge in [0.2, 0.25) is 0 Å². The van der Waals surface area contributed by atoms with E-state index in [2.05, 4.69) is 5.32 Å². The molecule has 0 spiro atoms. The van der Waals surface area contributed by atoms with Crippen LogP contribution in [0, 0.1) is 20.8 Å². The Morgan fingerprint density at radius 3 is 2.28 bits per heavy atom. The molecule has 0 heterocycles. The molecule has 0 fully saturated rings. The molecule has 1 aromatic rings. The Hall–Kier alpha value is -1.71. The van der Waals surface area contributed by atoms with E-state index in [1.807, 2.05) is 41.5 Å². The molecule has 0 aromatic heterocycles. The van der Waals surface area contributed by atoms with Crippen LogP contribution in [0.5, 0.6) is 5.75 Å². The van der Waals surface area contributed by atoms with Gasteiger partial charge in [-0.05, 0) is 64.3 Å². The first-order chi connectivity index (χ1) is 8.11. The van der Waals surface area contributed by atoms with Crippen LogP contribution in [0.3, 0.4) is 0 Å². The van der Waals surface area contributed by atoms with Crippen molar-refractivity contribution in [2.24, 2.45) is 0 Å². The molecular formula is C14H21NO3. The number of ether oxygens (including phenoxy) is 1. The number of carbonyl (C=O) groups excluding carboxylic acids is 1. The molecule has 0 atom stereocenters. The standard InChI is InChI=1S/C14H21NO3/c1-8-7-11(16)9(2)10(3)12(8)15-13(17)18-14(4,5)6/h7,16H,1-6H3,(H,15,17). The summed E-state index contributed by atoms with van der Waals surface area (Å²) in [5, 5.41) is 12.4. The number of phenolic OH excluding ortho intramolecular Hbond substituents is 1. The zero-order chi connectivity index (χ0) is 14.1. The number of aryl methyl sites for hydroxylation is 1. The van der Waals surface area contributed by atoms with E-state index in [0.29, 0.717) is 5.69 Å². The third-order valence-electron chi connectivity index (χ3n) is 2.70. The van der Waals surface area contributed by atoms with Crippen molar-refractivity contribution in [1.82, 2.24) is 0 Å². The predicted molar refractivity (Wildman–Crippen MR) is 72.2 cm³/mol. The van der Waals surface area contributed by atoms with Gasteiger partial charge in [0, 0.05) is 0 Å². The average molecular weight is 251 g/mol. The monoisotopic (exact) mass is 251 g/mol. The lowest BCUT2D eigenvalue weighted by atomic mass is 10.0. The van der Waals surface area contributed by atoms with E-state index in [4.69, 9.17) is 4.74 Å². The molecule has 0 unspecified atom stereocenters. The highest BCUT2D eigenvalue weighted by Crippen LogP contribution is 2.30. The molecule has 0 aliphatic carbocycles. The first-order valence-electron chi connectivity index (χ1n) is 5.91. The molecule has 0 aliphatic heterocycles. The minimum atomic E-state index is -0.530. The third-order valence-corrected chi connectivity index (χ3v) is 2.70. The van der Waals surface area contributed by atoms with Crippen LogP contribution in [0.2, 0.25) is 0 Å². The molecule has 100 valence electrons. The Morgan fingerprint density at radius 1 is 1.22 bits per heavy atom. The van der Waals surface area contributed by atoms with Crippen molar-refractivity contribution >= 4 is 11.8 Å².